The Kier molecular flexibility index (Phi) is 4.31. The lowest BCUT2D eigenvalue weighted by Gasteiger charge is -2.34. The largest absolute Gasteiger partial charge is 0.388 e. The molecule has 0 aromatic carbocycles. The van der Waals surface area contributed by atoms with Gasteiger partial charge in [-0.05, 0) is 12.8 Å². The van der Waals surface area contributed by atoms with E-state index in [9.17, 15) is 13.5 Å². The highest BCUT2D eigenvalue weighted by atomic mass is 32.2. The number of ether oxygens (including phenoxy) is 1. The number of nitrogens with one attached hydrogen (secondary N) is 1. The molecule has 5 nitrogen and oxygen atoms in total. The van der Waals surface area contributed by atoms with Crippen LogP contribution in [-0.2, 0) is 14.6 Å². The summed E-state index contributed by atoms with van der Waals surface area (Å²) in [5, 5.41) is 13.3. The Morgan fingerprint density at radius 1 is 1.33 bits per heavy atom. The van der Waals surface area contributed by atoms with Gasteiger partial charge in [0, 0.05) is 44.9 Å². The fraction of sp³-hybridized carbons (Fsp3) is 1.00. The SMILES string of the molecule is CS(=O)(=O)C1CCCC1NCC1(O)CCOCC1. The van der Waals surface area contributed by atoms with Crippen LogP contribution in [0.4, 0.5) is 0 Å². The maximum atomic E-state index is 11.7. The van der Waals surface area contributed by atoms with Gasteiger partial charge >= 0.3 is 0 Å². The normalized spacial score (nSPS) is 32.6. The van der Waals surface area contributed by atoms with Crippen molar-refractivity contribution in [2.45, 2.75) is 49.0 Å². The van der Waals surface area contributed by atoms with Crippen LogP contribution in [0.2, 0.25) is 0 Å². The third kappa shape index (κ3) is 3.44. The Morgan fingerprint density at radius 3 is 2.61 bits per heavy atom. The summed E-state index contributed by atoms with van der Waals surface area (Å²) in [6.07, 6.45) is 5.10. The third-order valence-electron chi connectivity index (χ3n) is 4.12. The molecule has 2 aliphatic rings. The molecule has 2 unspecified atom stereocenters. The quantitative estimate of drug-likeness (QED) is 0.761. The van der Waals surface area contributed by atoms with Gasteiger partial charge < -0.3 is 15.2 Å². The molecule has 0 aromatic heterocycles. The van der Waals surface area contributed by atoms with Crippen LogP contribution < -0.4 is 5.32 Å². The Bertz CT molecular complexity index is 376. The Labute approximate surface area is 109 Å². The maximum absolute atomic E-state index is 11.7. The zero-order valence-corrected chi connectivity index (χ0v) is 11.7. The van der Waals surface area contributed by atoms with Crippen molar-refractivity contribution in [1.82, 2.24) is 5.32 Å². The van der Waals surface area contributed by atoms with Crippen molar-refractivity contribution in [2.24, 2.45) is 0 Å². The van der Waals surface area contributed by atoms with E-state index < -0.39 is 15.4 Å². The van der Waals surface area contributed by atoms with Gasteiger partial charge in [-0.2, -0.15) is 0 Å². The average molecular weight is 277 g/mol. The minimum atomic E-state index is -2.99. The molecule has 18 heavy (non-hydrogen) atoms. The summed E-state index contributed by atoms with van der Waals surface area (Å²) in [5.41, 5.74) is -0.733. The number of hydrogen-bond donors (Lipinski definition) is 2. The molecule has 1 aliphatic heterocycles. The van der Waals surface area contributed by atoms with Crippen LogP contribution in [0, 0.1) is 0 Å². The lowest BCUT2D eigenvalue weighted by atomic mass is 9.94. The molecule has 1 heterocycles. The highest BCUT2D eigenvalue weighted by molar-refractivity contribution is 7.91. The van der Waals surface area contributed by atoms with Gasteiger partial charge in [-0.1, -0.05) is 6.42 Å². The summed E-state index contributed by atoms with van der Waals surface area (Å²) in [6.45, 7) is 1.63. The summed E-state index contributed by atoms with van der Waals surface area (Å²) in [7, 11) is -2.99. The Hall–Kier alpha value is -0.170. The maximum Gasteiger partial charge on any atom is 0.151 e. The molecule has 2 atom stereocenters. The average Bonchev–Trinajstić information content (AvgIpc) is 2.75. The van der Waals surface area contributed by atoms with Gasteiger partial charge in [0.15, 0.2) is 9.84 Å². The van der Waals surface area contributed by atoms with E-state index in [-0.39, 0.29) is 11.3 Å². The lowest BCUT2D eigenvalue weighted by Crippen LogP contribution is -2.50. The summed E-state index contributed by atoms with van der Waals surface area (Å²) in [6, 6.07) is -0.00753. The minimum absolute atomic E-state index is 0.00753. The molecule has 2 fully saturated rings. The van der Waals surface area contributed by atoms with Gasteiger partial charge in [0.25, 0.3) is 0 Å². The smallest absolute Gasteiger partial charge is 0.151 e. The second kappa shape index (κ2) is 5.45. The second-order valence-corrected chi connectivity index (χ2v) is 7.89. The molecular formula is C12H23NO4S. The van der Waals surface area contributed by atoms with Gasteiger partial charge in [0.1, 0.15) is 0 Å². The molecule has 106 valence electrons. The van der Waals surface area contributed by atoms with Crippen molar-refractivity contribution in [3.8, 4) is 0 Å². The van der Waals surface area contributed by atoms with Crippen LogP contribution >= 0.6 is 0 Å². The first-order valence-corrected chi connectivity index (χ1v) is 8.59. The van der Waals surface area contributed by atoms with Crippen molar-refractivity contribution in [2.75, 3.05) is 26.0 Å². The van der Waals surface area contributed by atoms with E-state index in [0.717, 1.165) is 19.3 Å². The standard InChI is InChI=1S/C12H23NO4S/c1-18(15,16)11-4-2-3-10(11)13-9-12(14)5-7-17-8-6-12/h10-11,13-14H,2-9H2,1H3. The van der Waals surface area contributed by atoms with Crippen LogP contribution in [0.5, 0.6) is 0 Å². The lowest BCUT2D eigenvalue weighted by molar-refractivity contribution is -0.0626. The van der Waals surface area contributed by atoms with E-state index in [0.29, 0.717) is 32.6 Å². The first-order valence-electron chi connectivity index (χ1n) is 6.63. The zero-order valence-electron chi connectivity index (χ0n) is 10.9. The predicted octanol–water partition coefficient (Wildman–Crippen LogP) is 0.0832. The fourth-order valence-electron chi connectivity index (χ4n) is 2.92. The number of sulfone groups is 1. The van der Waals surface area contributed by atoms with E-state index >= 15 is 0 Å². The van der Waals surface area contributed by atoms with Crippen molar-refractivity contribution in [3.05, 3.63) is 0 Å². The van der Waals surface area contributed by atoms with Crippen LogP contribution in [0.25, 0.3) is 0 Å². The van der Waals surface area contributed by atoms with Crippen molar-refractivity contribution in [1.29, 1.82) is 0 Å². The molecule has 0 amide bonds. The first-order chi connectivity index (χ1) is 8.41. The highest BCUT2D eigenvalue weighted by Crippen LogP contribution is 2.26. The Morgan fingerprint density at radius 2 is 2.00 bits per heavy atom. The molecule has 0 spiro atoms. The molecule has 1 saturated carbocycles. The summed E-state index contributed by atoms with van der Waals surface area (Å²) in [4.78, 5) is 0. The summed E-state index contributed by atoms with van der Waals surface area (Å²) in [5.74, 6) is 0. The molecule has 1 saturated heterocycles. The molecule has 2 rings (SSSR count). The summed E-state index contributed by atoms with van der Waals surface area (Å²) >= 11 is 0. The molecule has 1 aliphatic carbocycles. The Balaban J connectivity index is 1.89. The number of aliphatic hydroxyl groups is 1. The predicted molar refractivity (Wildman–Crippen MR) is 69.3 cm³/mol. The molecule has 0 bridgehead atoms. The molecule has 0 aromatic rings. The topological polar surface area (TPSA) is 75.6 Å². The van der Waals surface area contributed by atoms with Crippen LogP contribution in [0.15, 0.2) is 0 Å². The van der Waals surface area contributed by atoms with Crippen molar-refractivity contribution >= 4 is 9.84 Å². The minimum Gasteiger partial charge on any atom is -0.388 e. The van der Waals surface area contributed by atoms with E-state index in [4.69, 9.17) is 4.74 Å². The molecule has 0 radical (unpaired) electrons. The second-order valence-electron chi connectivity index (χ2n) is 5.62. The van der Waals surface area contributed by atoms with Crippen molar-refractivity contribution < 1.29 is 18.3 Å². The van der Waals surface area contributed by atoms with E-state index in [1.807, 2.05) is 0 Å². The van der Waals surface area contributed by atoms with Crippen LogP contribution in [0.1, 0.15) is 32.1 Å². The van der Waals surface area contributed by atoms with Crippen molar-refractivity contribution in [3.63, 3.8) is 0 Å². The highest BCUT2D eigenvalue weighted by Gasteiger charge is 2.37. The molecule has 2 N–H and O–H groups in total. The van der Waals surface area contributed by atoms with Gasteiger partial charge in [0.05, 0.1) is 10.9 Å². The van der Waals surface area contributed by atoms with E-state index in [2.05, 4.69) is 5.32 Å². The number of rotatable bonds is 4. The first kappa shape index (κ1) is 14.2. The fourth-order valence-corrected chi connectivity index (χ4v) is 4.35. The van der Waals surface area contributed by atoms with Gasteiger partial charge in [-0.15, -0.1) is 0 Å². The van der Waals surface area contributed by atoms with Gasteiger partial charge in [-0.25, -0.2) is 8.42 Å². The van der Waals surface area contributed by atoms with Crippen LogP contribution in [0.3, 0.4) is 0 Å². The van der Waals surface area contributed by atoms with Gasteiger partial charge in [-0.3, -0.25) is 0 Å². The monoisotopic (exact) mass is 277 g/mol. The molecule has 6 heteroatoms. The summed E-state index contributed by atoms with van der Waals surface area (Å²) < 4.78 is 28.5. The number of hydrogen-bond acceptors (Lipinski definition) is 5. The molecular weight excluding hydrogens is 254 g/mol. The van der Waals surface area contributed by atoms with Gasteiger partial charge in [0.2, 0.25) is 0 Å². The van der Waals surface area contributed by atoms with E-state index in [1.165, 1.54) is 6.26 Å². The van der Waals surface area contributed by atoms with E-state index in [1.54, 1.807) is 0 Å². The zero-order chi connectivity index (χ0) is 13.2. The third-order valence-corrected chi connectivity index (χ3v) is 5.78. The van der Waals surface area contributed by atoms with Crippen LogP contribution in [-0.4, -0.2) is 56.4 Å².